The zero-order valence-electron chi connectivity index (χ0n) is 13.3. The Bertz CT molecular complexity index is 836. The van der Waals surface area contributed by atoms with Crippen molar-refractivity contribution in [1.82, 2.24) is 0 Å². The number of amides is 1. The lowest BCUT2D eigenvalue weighted by Gasteiger charge is -2.24. The Hall–Kier alpha value is -1.09. The molecule has 0 saturated carbocycles. The summed E-state index contributed by atoms with van der Waals surface area (Å²) in [5.74, 6) is -0.133. The number of thioether (sulfide) groups is 1. The summed E-state index contributed by atoms with van der Waals surface area (Å²) >= 11 is 7.46. The molecule has 4 rings (SSSR count). The molecule has 3 aliphatic heterocycles. The first-order valence-electron chi connectivity index (χ1n) is 8.09. The van der Waals surface area contributed by atoms with Gasteiger partial charge >= 0.3 is 0 Å². The number of nitrogens with zero attached hydrogens (tertiary/aromatic N) is 2. The van der Waals surface area contributed by atoms with Crippen molar-refractivity contribution in [3.63, 3.8) is 0 Å². The molecule has 3 fully saturated rings. The molecule has 0 aliphatic carbocycles. The summed E-state index contributed by atoms with van der Waals surface area (Å²) in [5, 5.41) is 0.962. The number of ether oxygens (including phenoxy) is 1. The van der Waals surface area contributed by atoms with Gasteiger partial charge in [-0.15, -0.1) is 0 Å². The summed E-state index contributed by atoms with van der Waals surface area (Å²) in [6.45, 7) is 0.579. The summed E-state index contributed by atoms with van der Waals surface area (Å²) < 4.78 is 29.5. The van der Waals surface area contributed by atoms with E-state index in [0.29, 0.717) is 23.2 Å². The van der Waals surface area contributed by atoms with Gasteiger partial charge in [-0.3, -0.25) is 4.79 Å². The van der Waals surface area contributed by atoms with E-state index in [1.807, 2.05) is 11.0 Å². The molecule has 3 saturated heterocycles. The zero-order chi connectivity index (χ0) is 17.6. The lowest BCUT2D eigenvalue weighted by molar-refractivity contribution is -0.126. The molecular formula is C16H17ClN2O4S2. The number of hydrogen-bond donors (Lipinski definition) is 0. The van der Waals surface area contributed by atoms with Crippen LogP contribution in [0.5, 0.6) is 0 Å². The molecule has 1 aromatic rings. The van der Waals surface area contributed by atoms with Gasteiger partial charge in [0.1, 0.15) is 6.10 Å². The molecular weight excluding hydrogens is 384 g/mol. The topological polar surface area (TPSA) is 76.0 Å². The Morgan fingerprint density at radius 3 is 2.92 bits per heavy atom. The van der Waals surface area contributed by atoms with E-state index in [0.717, 1.165) is 12.1 Å². The molecule has 3 heterocycles. The van der Waals surface area contributed by atoms with Gasteiger partial charge in [0.25, 0.3) is 5.91 Å². The van der Waals surface area contributed by atoms with Crippen LogP contribution in [-0.4, -0.2) is 55.0 Å². The largest absolute Gasteiger partial charge is 0.368 e. The quantitative estimate of drug-likeness (QED) is 0.756. The van der Waals surface area contributed by atoms with Crippen LogP contribution in [0.2, 0.25) is 5.02 Å². The van der Waals surface area contributed by atoms with Crippen molar-refractivity contribution in [2.24, 2.45) is 4.99 Å². The van der Waals surface area contributed by atoms with E-state index in [4.69, 9.17) is 16.3 Å². The highest BCUT2D eigenvalue weighted by molar-refractivity contribution is 8.16. The Morgan fingerprint density at radius 2 is 2.20 bits per heavy atom. The lowest BCUT2D eigenvalue weighted by atomic mass is 10.2. The van der Waals surface area contributed by atoms with Gasteiger partial charge in [-0.05, 0) is 31.0 Å². The minimum atomic E-state index is -3.08. The standard InChI is InChI=1S/C16H17ClN2O4S2/c17-10-3-1-4-11(7-10)19-12-8-25(21,22)9-14(12)24-16(19)18-15(20)13-5-2-6-23-13/h1,3-4,7,12-14H,2,5-6,8-9H2/t12-,13-,14+/m0/s1. The van der Waals surface area contributed by atoms with Crippen LogP contribution in [0.4, 0.5) is 5.69 Å². The van der Waals surface area contributed by atoms with Crippen LogP contribution in [0.1, 0.15) is 12.8 Å². The van der Waals surface area contributed by atoms with E-state index in [-0.39, 0.29) is 28.7 Å². The highest BCUT2D eigenvalue weighted by Gasteiger charge is 2.49. The maximum absolute atomic E-state index is 12.4. The average Bonchev–Trinajstić information content (AvgIpc) is 3.21. The number of halogens is 1. The van der Waals surface area contributed by atoms with E-state index in [9.17, 15) is 13.2 Å². The third kappa shape index (κ3) is 3.45. The second-order valence-electron chi connectivity index (χ2n) is 6.38. The van der Waals surface area contributed by atoms with Crippen LogP contribution in [0.3, 0.4) is 0 Å². The Labute approximate surface area is 155 Å². The van der Waals surface area contributed by atoms with Crippen LogP contribution in [-0.2, 0) is 19.4 Å². The number of anilines is 1. The van der Waals surface area contributed by atoms with Crippen molar-refractivity contribution in [3.8, 4) is 0 Å². The molecule has 6 nitrogen and oxygen atoms in total. The smallest absolute Gasteiger partial charge is 0.277 e. The van der Waals surface area contributed by atoms with Gasteiger partial charge in [-0.25, -0.2) is 8.42 Å². The SMILES string of the molecule is O=C(N=C1S[C@@H]2CS(=O)(=O)C[C@@H]2N1c1cccc(Cl)c1)[C@@H]1CCCO1. The third-order valence-corrected chi connectivity index (χ3v) is 8.01. The van der Waals surface area contributed by atoms with Crippen molar-refractivity contribution in [3.05, 3.63) is 29.3 Å². The fourth-order valence-electron chi connectivity index (χ4n) is 3.43. The Morgan fingerprint density at radius 1 is 1.36 bits per heavy atom. The number of benzene rings is 1. The minimum Gasteiger partial charge on any atom is -0.368 e. The summed E-state index contributed by atoms with van der Waals surface area (Å²) in [4.78, 5) is 18.5. The number of rotatable bonds is 2. The average molecular weight is 401 g/mol. The van der Waals surface area contributed by atoms with Crippen molar-refractivity contribution in [2.75, 3.05) is 23.0 Å². The summed E-state index contributed by atoms with van der Waals surface area (Å²) in [6.07, 6.45) is 1.05. The number of sulfone groups is 1. The Balaban J connectivity index is 1.69. The predicted molar refractivity (Wildman–Crippen MR) is 99.2 cm³/mol. The van der Waals surface area contributed by atoms with E-state index >= 15 is 0 Å². The monoisotopic (exact) mass is 400 g/mol. The zero-order valence-corrected chi connectivity index (χ0v) is 15.7. The molecule has 134 valence electrons. The first-order valence-corrected chi connectivity index (χ1v) is 11.2. The predicted octanol–water partition coefficient (Wildman–Crippen LogP) is 2.12. The van der Waals surface area contributed by atoms with Crippen LogP contribution in [0.25, 0.3) is 0 Å². The molecule has 3 aliphatic rings. The van der Waals surface area contributed by atoms with E-state index < -0.39 is 15.9 Å². The molecule has 1 aromatic carbocycles. The fourth-order valence-corrected chi connectivity index (χ4v) is 7.53. The number of hydrogen-bond acceptors (Lipinski definition) is 5. The van der Waals surface area contributed by atoms with Gasteiger partial charge in [0.15, 0.2) is 15.0 Å². The molecule has 0 aromatic heterocycles. The molecule has 0 unspecified atom stereocenters. The van der Waals surface area contributed by atoms with E-state index in [2.05, 4.69) is 4.99 Å². The Kier molecular flexibility index (Phi) is 4.56. The van der Waals surface area contributed by atoms with Gasteiger partial charge in [0, 0.05) is 22.6 Å². The second kappa shape index (κ2) is 6.57. The maximum Gasteiger partial charge on any atom is 0.277 e. The maximum atomic E-state index is 12.4. The molecule has 0 N–H and O–H groups in total. The molecule has 25 heavy (non-hydrogen) atoms. The van der Waals surface area contributed by atoms with Crippen LogP contribution < -0.4 is 4.90 Å². The highest BCUT2D eigenvalue weighted by Crippen LogP contribution is 2.41. The van der Waals surface area contributed by atoms with Crippen molar-refractivity contribution < 1.29 is 17.9 Å². The van der Waals surface area contributed by atoms with Crippen molar-refractivity contribution >= 4 is 50.0 Å². The summed E-state index contributed by atoms with van der Waals surface area (Å²) in [7, 11) is -3.08. The number of aliphatic imine (C=N–C) groups is 1. The minimum absolute atomic E-state index is 0.0598. The van der Waals surface area contributed by atoms with Gasteiger partial charge in [0.2, 0.25) is 0 Å². The lowest BCUT2D eigenvalue weighted by Crippen LogP contribution is -2.38. The van der Waals surface area contributed by atoms with Gasteiger partial charge in [-0.2, -0.15) is 4.99 Å². The number of amidine groups is 1. The second-order valence-corrected chi connectivity index (χ2v) is 10.2. The number of carbonyl (C=O) groups excluding carboxylic acids is 1. The van der Waals surface area contributed by atoms with E-state index in [1.54, 1.807) is 18.2 Å². The van der Waals surface area contributed by atoms with Crippen LogP contribution in [0, 0.1) is 0 Å². The van der Waals surface area contributed by atoms with Gasteiger partial charge < -0.3 is 9.64 Å². The summed E-state index contributed by atoms with van der Waals surface area (Å²) in [5.41, 5.74) is 0.753. The number of fused-ring (bicyclic) bond motifs is 1. The molecule has 9 heteroatoms. The third-order valence-electron chi connectivity index (χ3n) is 4.56. The summed E-state index contributed by atoms with van der Waals surface area (Å²) in [6, 6.07) is 6.95. The normalized spacial score (nSPS) is 32.3. The van der Waals surface area contributed by atoms with Gasteiger partial charge in [-0.1, -0.05) is 29.4 Å². The van der Waals surface area contributed by atoms with Crippen molar-refractivity contribution in [2.45, 2.75) is 30.2 Å². The molecule has 3 atom stereocenters. The fraction of sp³-hybridized carbons (Fsp3) is 0.500. The molecule has 0 bridgehead atoms. The molecule has 0 spiro atoms. The number of carbonyl (C=O) groups is 1. The molecule has 0 radical (unpaired) electrons. The van der Waals surface area contributed by atoms with Crippen LogP contribution >= 0.6 is 23.4 Å². The molecule has 1 amide bonds. The first kappa shape index (κ1) is 17.3. The van der Waals surface area contributed by atoms with Crippen molar-refractivity contribution in [1.29, 1.82) is 0 Å². The van der Waals surface area contributed by atoms with Crippen LogP contribution in [0.15, 0.2) is 29.3 Å². The van der Waals surface area contributed by atoms with Gasteiger partial charge in [0.05, 0.1) is 17.5 Å². The highest BCUT2D eigenvalue weighted by atomic mass is 35.5. The van der Waals surface area contributed by atoms with E-state index in [1.165, 1.54) is 11.8 Å². The first-order chi connectivity index (χ1) is 11.9.